The first-order chi connectivity index (χ1) is 24.7. The fourth-order valence-electron chi connectivity index (χ4n) is 7.24. The van der Waals surface area contributed by atoms with Gasteiger partial charge < -0.3 is 29.6 Å². The van der Waals surface area contributed by atoms with E-state index >= 15 is 0 Å². The van der Waals surface area contributed by atoms with Crippen LogP contribution in [-0.4, -0.2) is 49.3 Å². The Kier molecular flexibility index (Phi) is 16.4. The van der Waals surface area contributed by atoms with Crippen LogP contribution in [0.2, 0.25) is 0 Å². The number of esters is 3. The van der Waals surface area contributed by atoms with E-state index in [9.17, 15) is 14.4 Å². The predicted octanol–water partition coefficient (Wildman–Crippen LogP) is 9.88. The zero-order valence-corrected chi connectivity index (χ0v) is 31.7. The van der Waals surface area contributed by atoms with Gasteiger partial charge in [-0.05, 0) is 120 Å². The molecule has 4 rings (SSSR count). The number of rotatable bonds is 19. The Balaban J connectivity index is 1.38. The van der Waals surface area contributed by atoms with Crippen molar-refractivity contribution in [2.45, 2.75) is 155 Å². The first kappa shape index (κ1) is 40.0. The summed E-state index contributed by atoms with van der Waals surface area (Å²) in [4.78, 5) is 39.1. The molecule has 282 valence electrons. The van der Waals surface area contributed by atoms with Crippen LogP contribution in [-0.2, 0) is 19.1 Å². The third kappa shape index (κ3) is 12.8. The van der Waals surface area contributed by atoms with E-state index in [-0.39, 0.29) is 48.1 Å². The normalized spacial score (nSPS) is 21.5. The highest BCUT2D eigenvalue weighted by Crippen LogP contribution is 2.31. The van der Waals surface area contributed by atoms with Crippen molar-refractivity contribution >= 4 is 29.3 Å². The molecule has 0 bridgehead atoms. The molecular weight excluding hydrogens is 644 g/mol. The van der Waals surface area contributed by atoms with E-state index in [0.717, 1.165) is 114 Å². The molecule has 2 fully saturated rings. The molecule has 2 saturated carbocycles. The van der Waals surface area contributed by atoms with Crippen molar-refractivity contribution in [3.8, 4) is 11.5 Å². The van der Waals surface area contributed by atoms with Gasteiger partial charge in [-0.25, -0.2) is 4.79 Å². The van der Waals surface area contributed by atoms with Gasteiger partial charge in [0.05, 0.1) is 24.5 Å². The van der Waals surface area contributed by atoms with Gasteiger partial charge in [-0.2, -0.15) is 0 Å². The number of methoxy groups -OCH3 is 1. The summed E-state index contributed by atoms with van der Waals surface area (Å²) >= 11 is 0. The van der Waals surface area contributed by atoms with Crippen LogP contribution in [0.25, 0.3) is 0 Å². The molecule has 2 N–H and O–H groups in total. The largest absolute Gasteiger partial charge is 0.497 e. The topological polar surface area (TPSA) is 112 Å². The smallest absolute Gasteiger partial charge is 0.343 e. The summed E-state index contributed by atoms with van der Waals surface area (Å²) in [7, 11) is 1.60. The Morgan fingerprint density at radius 2 is 1.08 bits per heavy atom. The minimum absolute atomic E-state index is 0.0128. The molecule has 9 nitrogen and oxygen atoms in total. The van der Waals surface area contributed by atoms with Gasteiger partial charge in [0, 0.05) is 23.5 Å². The maximum atomic E-state index is 13.4. The maximum absolute atomic E-state index is 13.4. The molecule has 2 unspecified atom stereocenters. The molecule has 0 spiro atoms. The fourth-order valence-corrected chi connectivity index (χ4v) is 7.24. The lowest BCUT2D eigenvalue weighted by Gasteiger charge is -2.31. The Morgan fingerprint density at radius 1 is 0.647 bits per heavy atom. The predicted molar refractivity (Wildman–Crippen MR) is 203 cm³/mol. The van der Waals surface area contributed by atoms with Gasteiger partial charge in [-0.3, -0.25) is 9.59 Å². The second-order valence-electron chi connectivity index (χ2n) is 14.5. The summed E-state index contributed by atoms with van der Waals surface area (Å²) in [6.07, 6.45) is 14.3. The van der Waals surface area contributed by atoms with Gasteiger partial charge in [-0.1, -0.05) is 53.4 Å². The van der Waals surface area contributed by atoms with Crippen molar-refractivity contribution < 1.29 is 33.3 Å². The molecule has 51 heavy (non-hydrogen) atoms. The average molecular weight is 707 g/mol. The Bertz CT molecular complexity index is 1290. The highest BCUT2D eigenvalue weighted by molar-refractivity contribution is 5.93. The quantitative estimate of drug-likeness (QED) is 0.109. The van der Waals surface area contributed by atoms with Crippen LogP contribution < -0.4 is 20.1 Å². The second-order valence-corrected chi connectivity index (χ2v) is 14.5. The highest BCUT2D eigenvalue weighted by atomic mass is 16.6. The SMILES string of the molecule is CCCCC(CC)C(=O)OC1CCC(Nc2cc(NC3CCC(OC(=O)C(CC)CCCC)CC3)cc(C(=O)Oc3ccc(OC)cc3)c2)CC1. The summed E-state index contributed by atoms with van der Waals surface area (Å²) in [5.41, 5.74) is 2.13. The number of unbranched alkanes of at least 4 members (excludes halogenated alkanes) is 2. The number of carbonyl (C=O) groups excluding carboxylic acids is 3. The zero-order valence-electron chi connectivity index (χ0n) is 31.7. The maximum Gasteiger partial charge on any atom is 0.343 e. The standard InChI is InChI=1S/C42H62N2O7/c1-6-10-12-29(8-3)40(45)49-37-18-14-32(15-19-37)43-34-26-31(42(47)51-39-24-22-36(48-5)23-25-39)27-35(28-34)44-33-16-20-38(21-17-33)50-41(46)30(9-4)13-11-7-2/h22-30,32-33,37-38,43-44H,6-21H2,1-5H3. The van der Waals surface area contributed by atoms with Crippen LogP contribution in [0.15, 0.2) is 42.5 Å². The number of hydrogen-bond acceptors (Lipinski definition) is 9. The Morgan fingerprint density at radius 3 is 1.47 bits per heavy atom. The summed E-state index contributed by atoms with van der Waals surface area (Å²) in [6.45, 7) is 8.42. The molecule has 0 aliphatic heterocycles. The van der Waals surface area contributed by atoms with E-state index in [0.29, 0.717) is 17.1 Å². The van der Waals surface area contributed by atoms with E-state index < -0.39 is 5.97 Å². The molecule has 0 saturated heterocycles. The summed E-state index contributed by atoms with van der Waals surface area (Å²) in [6, 6.07) is 13.1. The van der Waals surface area contributed by atoms with Crippen molar-refractivity contribution in [2.75, 3.05) is 17.7 Å². The average Bonchev–Trinajstić information content (AvgIpc) is 3.14. The number of benzene rings is 2. The van der Waals surface area contributed by atoms with E-state index in [1.807, 2.05) is 12.1 Å². The molecule has 2 aliphatic carbocycles. The molecule has 0 amide bonds. The highest BCUT2D eigenvalue weighted by Gasteiger charge is 2.29. The zero-order chi connectivity index (χ0) is 36.6. The third-order valence-corrected chi connectivity index (χ3v) is 10.6. The number of ether oxygens (including phenoxy) is 4. The van der Waals surface area contributed by atoms with Gasteiger partial charge in [0.1, 0.15) is 23.7 Å². The Labute approximate surface area is 305 Å². The van der Waals surface area contributed by atoms with Crippen LogP contribution in [0.4, 0.5) is 11.4 Å². The van der Waals surface area contributed by atoms with E-state index in [4.69, 9.17) is 18.9 Å². The van der Waals surface area contributed by atoms with Crippen molar-refractivity contribution in [1.82, 2.24) is 0 Å². The first-order valence-corrected chi connectivity index (χ1v) is 19.7. The lowest BCUT2D eigenvalue weighted by atomic mass is 9.91. The van der Waals surface area contributed by atoms with Crippen molar-refractivity contribution in [2.24, 2.45) is 11.8 Å². The molecule has 9 heteroatoms. The van der Waals surface area contributed by atoms with Crippen molar-refractivity contribution in [3.05, 3.63) is 48.0 Å². The fraction of sp³-hybridized carbons (Fsp3) is 0.643. The minimum atomic E-state index is -0.444. The minimum Gasteiger partial charge on any atom is -0.497 e. The van der Waals surface area contributed by atoms with E-state index in [1.54, 1.807) is 31.4 Å². The summed E-state index contributed by atoms with van der Waals surface area (Å²) < 4.78 is 22.9. The summed E-state index contributed by atoms with van der Waals surface area (Å²) in [5.74, 6) is 0.553. The number of carbonyl (C=O) groups is 3. The number of hydrogen-bond donors (Lipinski definition) is 2. The van der Waals surface area contributed by atoms with Gasteiger partial charge >= 0.3 is 17.9 Å². The lowest BCUT2D eigenvalue weighted by molar-refractivity contribution is -0.157. The summed E-state index contributed by atoms with van der Waals surface area (Å²) in [5, 5.41) is 7.33. The molecule has 2 aliphatic rings. The second kappa shape index (κ2) is 20.9. The van der Waals surface area contributed by atoms with E-state index in [2.05, 4.69) is 44.4 Å². The number of anilines is 2. The van der Waals surface area contributed by atoms with E-state index in [1.165, 1.54) is 0 Å². The third-order valence-electron chi connectivity index (χ3n) is 10.6. The molecule has 0 heterocycles. The molecule has 0 aromatic heterocycles. The Hall–Kier alpha value is -3.75. The molecule has 2 atom stereocenters. The van der Waals surface area contributed by atoms with Crippen LogP contribution >= 0.6 is 0 Å². The van der Waals surface area contributed by atoms with Crippen LogP contribution in [0.5, 0.6) is 11.5 Å². The van der Waals surface area contributed by atoms with Crippen LogP contribution in [0.3, 0.4) is 0 Å². The molecule has 2 aromatic rings. The van der Waals surface area contributed by atoms with Gasteiger partial charge in [-0.15, -0.1) is 0 Å². The van der Waals surface area contributed by atoms with Crippen LogP contribution in [0.1, 0.15) is 141 Å². The number of nitrogens with one attached hydrogen (secondary N) is 2. The first-order valence-electron chi connectivity index (χ1n) is 19.7. The van der Waals surface area contributed by atoms with Gasteiger partial charge in [0.2, 0.25) is 0 Å². The monoisotopic (exact) mass is 706 g/mol. The van der Waals surface area contributed by atoms with Gasteiger partial charge in [0.25, 0.3) is 0 Å². The molecular formula is C42H62N2O7. The lowest BCUT2D eigenvalue weighted by Crippen LogP contribution is -2.33. The van der Waals surface area contributed by atoms with Crippen molar-refractivity contribution in [3.63, 3.8) is 0 Å². The molecule has 2 aromatic carbocycles. The van der Waals surface area contributed by atoms with Crippen LogP contribution in [0, 0.1) is 11.8 Å². The molecule has 0 radical (unpaired) electrons. The van der Waals surface area contributed by atoms with Gasteiger partial charge in [0.15, 0.2) is 0 Å². The van der Waals surface area contributed by atoms with Crippen molar-refractivity contribution in [1.29, 1.82) is 0 Å².